The average Bonchev–Trinajstić information content (AvgIpc) is 2.84. The molecule has 0 spiro atoms. The van der Waals surface area contributed by atoms with Crippen molar-refractivity contribution in [3.05, 3.63) is 57.8 Å². The number of nitrogens with zero attached hydrogens (tertiary/aromatic N) is 2. The van der Waals surface area contributed by atoms with Crippen molar-refractivity contribution in [1.82, 2.24) is 4.98 Å². The summed E-state index contributed by atoms with van der Waals surface area (Å²) < 4.78 is 6.21. The van der Waals surface area contributed by atoms with E-state index >= 15 is 0 Å². The van der Waals surface area contributed by atoms with Crippen molar-refractivity contribution in [2.75, 3.05) is 0 Å². The van der Waals surface area contributed by atoms with E-state index in [1.165, 1.54) is 16.9 Å². The van der Waals surface area contributed by atoms with Gasteiger partial charge < -0.3 is 4.42 Å². The molecule has 4 nitrogen and oxygen atoms in total. The Morgan fingerprint density at radius 1 is 1.38 bits per heavy atom. The molecule has 0 unspecified atom stereocenters. The highest BCUT2D eigenvalue weighted by Crippen LogP contribution is 2.36. The Kier molecular flexibility index (Phi) is 3.78. The number of nitriles is 1. The predicted octanol–water partition coefficient (Wildman–Crippen LogP) is 3.72. The minimum atomic E-state index is -0.425. The Morgan fingerprint density at radius 2 is 2.14 bits per heavy atom. The zero-order valence-corrected chi connectivity index (χ0v) is 12.8. The van der Waals surface area contributed by atoms with Gasteiger partial charge in [0.25, 0.3) is 0 Å². The summed E-state index contributed by atoms with van der Waals surface area (Å²) in [5, 5.41) is 9.36. The molecule has 0 bridgehead atoms. The van der Waals surface area contributed by atoms with Gasteiger partial charge in [-0.05, 0) is 5.56 Å². The number of rotatable bonds is 3. The van der Waals surface area contributed by atoms with E-state index in [-0.39, 0.29) is 5.89 Å². The van der Waals surface area contributed by atoms with Gasteiger partial charge in [-0.1, -0.05) is 30.3 Å². The molecule has 0 N–H and O–H groups in total. The maximum absolute atomic E-state index is 11.8. The molecule has 6 heteroatoms. The summed E-state index contributed by atoms with van der Waals surface area (Å²) in [4.78, 5) is 16.0. The zero-order valence-electron chi connectivity index (χ0n) is 11.1. The first-order chi connectivity index (χ1) is 10.2. The van der Waals surface area contributed by atoms with Crippen LogP contribution in [-0.2, 0) is 5.75 Å². The van der Waals surface area contributed by atoms with Crippen LogP contribution in [-0.4, -0.2) is 4.98 Å². The van der Waals surface area contributed by atoms with Crippen molar-refractivity contribution in [1.29, 1.82) is 5.26 Å². The van der Waals surface area contributed by atoms with E-state index in [0.29, 0.717) is 15.8 Å². The Balaban J connectivity index is 2.01. The quantitative estimate of drug-likeness (QED) is 0.689. The smallest absolute Gasteiger partial charge is 0.357 e. The standard InChI is InChI=1S/C15H10N2O2S2/c1-9-17-12-11(7-16)15(21-13(12)14(18)19-9)20-8-10-5-3-2-4-6-10/h2-6H,8H2,1H3. The predicted molar refractivity (Wildman–Crippen MR) is 83.6 cm³/mol. The number of aryl methyl sites for hydroxylation is 1. The number of thiophene rings is 1. The van der Waals surface area contributed by atoms with Crippen LogP contribution in [0.5, 0.6) is 0 Å². The van der Waals surface area contributed by atoms with Gasteiger partial charge in [-0.2, -0.15) is 5.26 Å². The van der Waals surface area contributed by atoms with E-state index in [9.17, 15) is 10.1 Å². The summed E-state index contributed by atoms with van der Waals surface area (Å²) in [6.45, 7) is 1.61. The van der Waals surface area contributed by atoms with Crippen LogP contribution in [0.15, 0.2) is 43.8 Å². The molecular weight excluding hydrogens is 304 g/mol. The molecule has 104 valence electrons. The second-order valence-electron chi connectivity index (χ2n) is 4.35. The normalized spacial score (nSPS) is 10.7. The van der Waals surface area contributed by atoms with Crippen LogP contribution in [0.2, 0.25) is 0 Å². The van der Waals surface area contributed by atoms with Gasteiger partial charge in [0, 0.05) is 12.7 Å². The molecule has 0 amide bonds. The van der Waals surface area contributed by atoms with Crippen molar-refractivity contribution >= 4 is 33.3 Å². The van der Waals surface area contributed by atoms with Crippen LogP contribution in [0.1, 0.15) is 17.0 Å². The molecule has 1 aromatic carbocycles. The maximum Gasteiger partial charge on any atom is 0.357 e. The summed E-state index contributed by atoms with van der Waals surface area (Å²) in [5.74, 6) is 1.02. The summed E-state index contributed by atoms with van der Waals surface area (Å²) in [6, 6.07) is 12.1. The Labute approximate surface area is 129 Å². The number of thioether (sulfide) groups is 1. The molecule has 0 aliphatic rings. The first-order valence-electron chi connectivity index (χ1n) is 6.20. The van der Waals surface area contributed by atoms with Crippen LogP contribution >= 0.6 is 23.1 Å². The largest absolute Gasteiger partial charge is 0.408 e. The van der Waals surface area contributed by atoms with E-state index in [2.05, 4.69) is 11.1 Å². The molecular formula is C15H10N2O2S2. The van der Waals surface area contributed by atoms with Gasteiger partial charge in [-0.3, -0.25) is 0 Å². The lowest BCUT2D eigenvalue weighted by Gasteiger charge is -1.99. The van der Waals surface area contributed by atoms with E-state index in [1.807, 2.05) is 30.3 Å². The third-order valence-corrected chi connectivity index (χ3v) is 5.37. The first-order valence-corrected chi connectivity index (χ1v) is 8.00. The third-order valence-electron chi connectivity index (χ3n) is 2.87. The van der Waals surface area contributed by atoms with Crippen molar-refractivity contribution in [2.45, 2.75) is 16.9 Å². The maximum atomic E-state index is 11.8. The minimum Gasteiger partial charge on any atom is -0.408 e. The van der Waals surface area contributed by atoms with Crippen molar-refractivity contribution in [2.24, 2.45) is 0 Å². The zero-order chi connectivity index (χ0) is 14.8. The second kappa shape index (κ2) is 5.72. The minimum absolute atomic E-state index is 0.279. The molecule has 21 heavy (non-hydrogen) atoms. The Morgan fingerprint density at radius 3 is 2.86 bits per heavy atom. The molecule has 2 heterocycles. The third kappa shape index (κ3) is 2.71. The van der Waals surface area contributed by atoms with Gasteiger partial charge >= 0.3 is 5.63 Å². The monoisotopic (exact) mass is 314 g/mol. The summed E-state index contributed by atoms with van der Waals surface area (Å²) in [5.41, 5.74) is 1.66. The van der Waals surface area contributed by atoms with E-state index in [0.717, 1.165) is 9.96 Å². The highest BCUT2D eigenvalue weighted by molar-refractivity contribution is 8.00. The summed E-state index contributed by atoms with van der Waals surface area (Å²) in [7, 11) is 0. The van der Waals surface area contributed by atoms with E-state index in [1.54, 1.807) is 18.7 Å². The molecule has 0 aliphatic heterocycles. The SMILES string of the molecule is Cc1nc2c(C#N)c(SCc3ccccc3)sc2c(=O)o1. The van der Waals surface area contributed by atoms with Crippen LogP contribution in [0.25, 0.3) is 10.2 Å². The fourth-order valence-electron chi connectivity index (χ4n) is 1.93. The number of hydrogen-bond donors (Lipinski definition) is 0. The Hall–Kier alpha value is -2.10. The van der Waals surface area contributed by atoms with Gasteiger partial charge in [0.15, 0.2) is 5.89 Å². The van der Waals surface area contributed by atoms with Crippen LogP contribution in [0.3, 0.4) is 0 Å². The first kappa shape index (κ1) is 13.9. The topological polar surface area (TPSA) is 66.9 Å². The van der Waals surface area contributed by atoms with E-state index < -0.39 is 5.63 Å². The van der Waals surface area contributed by atoms with Crippen LogP contribution in [0.4, 0.5) is 0 Å². The highest BCUT2D eigenvalue weighted by atomic mass is 32.2. The lowest BCUT2D eigenvalue weighted by Crippen LogP contribution is -2.00. The molecule has 0 atom stereocenters. The molecule has 2 aromatic heterocycles. The van der Waals surface area contributed by atoms with Crippen molar-refractivity contribution < 1.29 is 4.42 Å². The summed E-state index contributed by atoms with van der Waals surface area (Å²) >= 11 is 2.82. The fraction of sp³-hybridized carbons (Fsp3) is 0.133. The number of hydrogen-bond acceptors (Lipinski definition) is 6. The molecule has 0 radical (unpaired) electrons. The van der Waals surface area contributed by atoms with Crippen molar-refractivity contribution in [3.63, 3.8) is 0 Å². The van der Waals surface area contributed by atoms with Crippen LogP contribution in [0, 0.1) is 18.3 Å². The highest BCUT2D eigenvalue weighted by Gasteiger charge is 2.17. The lowest BCUT2D eigenvalue weighted by atomic mass is 10.2. The average molecular weight is 314 g/mol. The van der Waals surface area contributed by atoms with E-state index in [4.69, 9.17) is 4.42 Å². The second-order valence-corrected chi connectivity index (χ2v) is 6.61. The summed E-state index contributed by atoms with van der Waals surface area (Å²) in [6.07, 6.45) is 0. The molecule has 3 rings (SSSR count). The van der Waals surface area contributed by atoms with Crippen LogP contribution < -0.4 is 5.63 Å². The van der Waals surface area contributed by atoms with Gasteiger partial charge in [0.2, 0.25) is 0 Å². The molecule has 0 aliphatic carbocycles. The molecule has 0 fully saturated rings. The van der Waals surface area contributed by atoms with Crippen molar-refractivity contribution in [3.8, 4) is 6.07 Å². The molecule has 0 saturated carbocycles. The van der Waals surface area contributed by atoms with Gasteiger partial charge in [0.1, 0.15) is 21.8 Å². The Bertz CT molecular complexity index is 892. The van der Waals surface area contributed by atoms with Gasteiger partial charge in [-0.15, -0.1) is 23.1 Å². The van der Waals surface area contributed by atoms with Gasteiger partial charge in [-0.25, -0.2) is 9.78 Å². The number of aromatic nitrogens is 1. The number of benzene rings is 1. The molecule has 0 saturated heterocycles. The number of fused-ring (bicyclic) bond motifs is 1. The van der Waals surface area contributed by atoms with Gasteiger partial charge in [0.05, 0.1) is 4.21 Å². The molecule has 3 aromatic rings. The lowest BCUT2D eigenvalue weighted by molar-refractivity contribution is 0.468. The fourth-order valence-corrected chi connectivity index (χ4v) is 4.17.